The molecular formula is C18H21ClN5OS+. The second-order valence-electron chi connectivity index (χ2n) is 6.72. The van der Waals surface area contributed by atoms with E-state index in [0.717, 1.165) is 47.0 Å². The third-order valence-electron chi connectivity index (χ3n) is 4.88. The molecule has 1 aliphatic heterocycles. The number of hydrogen-bond donors (Lipinski definition) is 4. The summed E-state index contributed by atoms with van der Waals surface area (Å²) in [6, 6.07) is 7.85. The number of quaternary nitrogens is 1. The molecule has 0 amide bonds. The number of nitrogens with two attached hydrogens (primary N) is 1. The maximum Gasteiger partial charge on any atom is 0.151 e. The van der Waals surface area contributed by atoms with Gasteiger partial charge >= 0.3 is 0 Å². The fraction of sp³-hybridized carbons (Fsp3) is 0.333. The summed E-state index contributed by atoms with van der Waals surface area (Å²) in [5, 5.41) is 11.2. The predicted molar refractivity (Wildman–Crippen MR) is 104 cm³/mol. The summed E-state index contributed by atoms with van der Waals surface area (Å²) >= 11 is 7.70. The number of anilines is 1. The first-order chi connectivity index (χ1) is 12.6. The van der Waals surface area contributed by atoms with E-state index in [4.69, 9.17) is 17.3 Å². The van der Waals surface area contributed by atoms with Crippen molar-refractivity contribution in [3.05, 3.63) is 47.4 Å². The minimum absolute atomic E-state index is 0.274. The maximum atomic E-state index is 10.5. The highest BCUT2D eigenvalue weighted by molar-refractivity contribution is 7.99. The fourth-order valence-corrected chi connectivity index (χ4v) is 4.72. The molecule has 1 fully saturated rings. The number of nitrogen functional groups attached to an aromatic ring is 1. The van der Waals surface area contributed by atoms with Gasteiger partial charge in [-0.15, -0.1) is 11.8 Å². The maximum absolute atomic E-state index is 10.5. The molecule has 0 saturated carbocycles. The minimum Gasteiger partial charge on any atom is -0.387 e. The Balaban J connectivity index is 1.38. The molecule has 0 spiro atoms. The van der Waals surface area contributed by atoms with E-state index >= 15 is 0 Å². The van der Waals surface area contributed by atoms with Gasteiger partial charge in [0, 0.05) is 27.8 Å². The third-order valence-corrected chi connectivity index (χ3v) is 6.33. The van der Waals surface area contributed by atoms with Crippen molar-refractivity contribution < 1.29 is 10.0 Å². The van der Waals surface area contributed by atoms with E-state index in [9.17, 15) is 5.11 Å². The fourth-order valence-electron chi connectivity index (χ4n) is 3.52. The van der Waals surface area contributed by atoms with E-state index in [1.54, 1.807) is 11.8 Å². The number of aliphatic hydroxyl groups excluding tert-OH is 1. The molecule has 0 bridgehead atoms. The Morgan fingerprint density at radius 3 is 2.88 bits per heavy atom. The van der Waals surface area contributed by atoms with Gasteiger partial charge in [0.05, 0.1) is 12.1 Å². The average Bonchev–Trinajstić information content (AvgIpc) is 3.19. The van der Waals surface area contributed by atoms with Crippen LogP contribution in [0.15, 0.2) is 41.7 Å². The Bertz CT molecular complexity index is 900. The lowest BCUT2D eigenvalue weighted by Gasteiger charge is -2.12. The Hall–Kier alpha value is -1.80. The quantitative estimate of drug-likeness (QED) is 0.494. The van der Waals surface area contributed by atoms with Crippen LogP contribution in [0.25, 0.3) is 11.0 Å². The first-order valence-electron chi connectivity index (χ1n) is 8.56. The molecule has 6 nitrogen and oxygen atoms in total. The largest absolute Gasteiger partial charge is 0.387 e. The van der Waals surface area contributed by atoms with Crippen LogP contribution in [0.5, 0.6) is 0 Å². The lowest BCUT2D eigenvalue weighted by Crippen LogP contribution is -3.09. The van der Waals surface area contributed by atoms with Crippen LogP contribution in [0.2, 0.25) is 5.02 Å². The van der Waals surface area contributed by atoms with E-state index < -0.39 is 0 Å². The summed E-state index contributed by atoms with van der Waals surface area (Å²) in [5.74, 6) is 1.64. The molecule has 3 aromatic rings. The van der Waals surface area contributed by atoms with Crippen LogP contribution >= 0.6 is 23.4 Å². The molecule has 4 rings (SSSR count). The van der Waals surface area contributed by atoms with Gasteiger partial charge in [0.1, 0.15) is 36.6 Å². The van der Waals surface area contributed by atoms with Crippen LogP contribution in [0.4, 0.5) is 5.82 Å². The first kappa shape index (κ1) is 17.6. The topological polar surface area (TPSA) is 92.3 Å². The Kier molecular flexibility index (Phi) is 5.04. The molecule has 3 atom stereocenters. The van der Waals surface area contributed by atoms with Gasteiger partial charge in [-0.1, -0.05) is 11.6 Å². The second kappa shape index (κ2) is 7.44. The van der Waals surface area contributed by atoms with Gasteiger partial charge in [0.15, 0.2) is 5.82 Å². The molecule has 8 heteroatoms. The molecule has 1 aliphatic rings. The number of likely N-dealkylation sites (tertiary alicyclic amines) is 1. The van der Waals surface area contributed by atoms with Crippen molar-refractivity contribution in [2.24, 2.45) is 5.92 Å². The van der Waals surface area contributed by atoms with Crippen molar-refractivity contribution in [1.29, 1.82) is 0 Å². The zero-order chi connectivity index (χ0) is 18.1. The standard InChI is InChI=1S/C18H20ClN5OS/c19-13-1-3-14(4-2-13)26-9-12-7-24(8-15(12)25)6-11-5-21-17-16(11)22-10-23-18(17)20/h1-5,10,12,15,21,25H,6-9H2,(H2,20,22,23)/p+1/t12?,15-/m1/s1. The summed E-state index contributed by atoms with van der Waals surface area (Å²) in [6.45, 7) is 2.50. The number of nitrogens with zero attached hydrogens (tertiary/aromatic N) is 2. The number of halogens is 1. The molecule has 2 aromatic heterocycles. The molecule has 0 radical (unpaired) electrons. The lowest BCUT2D eigenvalue weighted by atomic mass is 10.1. The monoisotopic (exact) mass is 390 g/mol. The van der Waals surface area contributed by atoms with Crippen LogP contribution in [0.3, 0.4) is 0 Å². The summed E-state index contributed by atoms with van der Waals surface area (Å²) in [6.07, 6.45) is 3.16. The first-order valence-corrected chi connectivity index (χ1v) is 9.93. The van der Waals surface area contributed by atoms with Crippen LogP contribution in [0.1, 0.15) is 5.56 Å². The zero-order valence-electron chi connectivity index (χ0n) is 14.2. The van der Waals surface area contributed by atoms with Crippen LogP contribution in [-0.2, 0) is 6.54 Å². The zero-order valence-corrected chi connectivity index (χ0v) is 15.7. The smallest absolute Gasteiger partial charge is 0.151 e. The van der Waals surface area contributed by atoms with Gasteiger partial charge in [0.25, 0.3) is 0 Å². The number of aromatic nitrogens is 3. The summed E-state index contributed by atoms with van der Waals surface area (Å²) < 4.78 is 0. The van der Waals surface area contributed by atoms with Gasteiger partial charge in [-0.3, -0.25) is 0 Å². The van der Waals surface area contributed by atoms with Gasteiger partial charge in [0.2, 0.25) is 0 Å². The highest BCUT2D eigenvalue weighted by atomic mass is 35.5. The molecule has 136 valence electrons. The number of hydrogen-bond acceptors (Lipinski definition) is 5. The van der Waals surface area contributed by atoms with E-state index in [1.807, 2.05) is 30.5 Å². The van der Waals surface area contributed by atoms with Crippen molar-refractivity contribution in [2.45, 2.75) is 17.5 Å². The van der Waals surface area contributed by atoms with Crippen molar-refractivity contribution in [3.63, 3.8) is 0 Å². The normalized spacial score (nSPS) is 22.9. The van der Waals surface area contributed by atoms with Crippen LogP contribution in [0, 0.1) is 5.92 Å². The average molecular weight is 391 g/mol. The highest BCUT2D eigenvalue weighted by Crippen LogP contribution is 2.24. The molecule has 1 saturated heterocycles. The number of fused-ring (bicyclic) bond motifs is 1. The lowest BCUT2D eigenvalue weighted by molar-refractivity contribution is -0.903. The SMILES string of the molecule is Nc1ncnc2c(C[NH+]3CC(CSc4ccc(Cl)cc4)[C@H](O)C3)c[nH]c12. The van der Waals surface area contributed by atoms with Crippen LogP contribution < -0.4 is 10.6 Å². The molecular weight excluding hydrogens is 370 g/mol. The number of nitrogens with one attached hydrogen (secondary N) is 2. The van der Waals surface area contributed by atoms with Crippen molar-refractivity contribution in [3.8, 4) is 0 Å². The molecule has 3 heterocycles. The Labute approximate surface area is 160 Å². The van der Waals surface area contributed by atoms with Crippen molar-refractivity contribution in [1.82, 2.24) is 15.0 Å². The van der Waals surface area contributed by atoms with E-state index in [2.05, 4.69) is 15.0 Å². The van der Waals surface area contributed by atoms with Gasteiger partial charge in [-0.25, -0.2) is 9.97 Å². The summed E-state index contributed by atoms with van der Waals surface area (Å²) in [7, 11) is 0. The van der Waals surface area contributed by atoms with Crippen molar-refractivity contribution >= 4 is 40.2 Å². The molecule has 0 aliphatic carbocycles. The van der Waals surface area contributed by atoms with Gasteiger partial charge in [-0.05, 0) is 24.3 Å². The molecule has 2 unspecified atom stereocenters. The number of thioether (sulfide) groups is 1. The van der Waals surface area contributed by atoms with Gasteiger partial charge in [-0.2, -0.15) is 0 Å². The van der Waals surface area contributed by atoms with Crippen molar-refractivity contribution in [2.75, 3.05) is 24.6 Å². The Morgan fingerprint density at radius 2 is 2.08 bits per heavy atom. The minimum atomic E-state index is -0.283. The van der Waals surface area contributed by atoms with E-state index in [1.165, 1.54) is 16.1 Å². The third kappa shape index (κ3) is 3.66. The van der Waals surface area contributed by atoms with E-state index in [0.29, 0.717) is 5.82 Å². The van der Waals surface area contributed by atoms with Crippen LogP contribution in [-0.4, -0.2) is 45.0 Å². The molecule has 1 aromatic carbocycles. The summed E-state index contributed by atoms with van der Waals surface area (Å²) in [4.78, 5) is 14.1. The number of H-pyrrole nitrogens is 1. The summed E-state index contributed by atoms with van der Waals surface area (Å²) in [5.41, 5.74) is 8.66. The number of aliphatic hydroxyl groups is 1. The number of rotatable bonds is 5. The molecule has 5 N–H and O–H groups in total. The number of aromatic amines is 1. The van der Waals surface area contributed by atoms with E-state index in [-0.39, 0.29) is 12.0 Å². The Morgan fingerprint density at radius 1 is 1.27 bits per heavy atom. The number of benzene rings is 1. The highest BCUT2D eigenvalue weighted by Gasteiger charge is 2.35. The molecule has 26 heavy (non-hydrogen) atoms. The second-order valence-corrected chi connectivity index (χ2v) is 8.25. The predicted octanol–water partition coefficient (Wildman–Crippen LogP) is 1.36. The van der Waals surface area contributed by atoms with Gasteiger partial charge < -0.3 is 20.7 Å².